The zero-order chi connectivity index (χ0) is 24.8. The predicted molar refractivity (Wildman–Crippen MR) is 133 cm³/mol. The molecule has 0 spiro atoms. The summed E-state index contributed by atoms with van der Waals surface area (Å²) >= 11 is 0. The molecule has 0 fully saturated rings. The van der Waals surface area contributed by atoms with E-state index in [1.54, 1.807) is 0 Å². The Balaban J connectivity index is 3.12. The topological polar surface area (TPSA) is 81.7 Å². The van der Waals surface area contributed by atoms with E-state index in [4.69, 9.17) is 33.2 Å². The Morgan fingerprint density at radius 2 is 0.794 bits per heavy atom. The van der Waals surface area contributed by atoms with Crippen LogP contribution in [0, 0.1) is 0 Å². The highest BCUT2D eigenvalue weighted by atomic mass is 16.6. The van der Waals surface area contributed by atoms with Crippen molar-refractivity contribution in [2.75, 3.05) is 85.9 Å². The number of carbonyl (C=O) groups excluding carboxylic acids is 1. The Bertz CT molecular complexity index is 395. The minimum Gasteiger partial charge on any atom is -0.463 e. The largest absolute Gasteiger partial charge is 0.463 e. The quantitative estimate of drug-likeness (QED) is 0.111. The van der Waals surface area contributed by atoms with Gasteiger partial charge in [-0.2, -0.15) is 0 Å². The fourth-order valence-corrected chi connectivity index (χ4v) is 3.11. The van der Waals surface area contributed by atoms with Crippen molar-refractivity contribution in [2.24, 2.45) is 0 Å². The fourth-order valence-electron chi connectivity index (χ4n) is 3.11. The molecule has 0 rings (SSSR count). The van der Waals surface area contributed by atoms with Gasteiger partial charge in [-0.05, 0) is 13.3 Å². The number of esters is 1. The van der Waals surface area contributed by atoms with E-state index in [0.717, 1.165) is 12.8 Å². The lowest BCUT2D eigenvalue weighted by atomic mass is 10.1. The standard InChI is InChI=1S/C26H52O8/c1-3-5-6-7-8-9-10-11-12-13-26(27)34-25-24-33-23-22-32-21-20-31-19-18-30-17-16-29-15-14-28-4-2/h3-25H2,1-2H3. The van der Waals surface area contributed by atoms with Crippen LogP contribution < -0.4 is 0 Å². The zero-order valence-electron chi connectivity index (χ0n) is 22.0. The van der Waals surface area contributed by atoms with Gasteiger partial charge < -0.3 is 33.2 Å². The van der Waals surface area contributed by atoms with Crippen LogP contribution in [0.2, 0.25) is 0 Å². The Morgan fingerprint density at radius 3 is 1.21 bits per heavy atom. The van der Waals surface area contributed by atoms with Crippen molar-refractivity contribution in [1.29, 1.82) is 0 Å². The van der Waals surface area contributed by atoms with Gasteiger partial charge in [-0.25, -0.2) is 0 Å². The molecule has 0 aromatic carbocycles. The minimum atomic E-state index is -0.127. The molecule has 0 amide bonds. The third kappa shape index (κ3) is 29.3. The predicted octanol–water partition coefficient (Wildman–Crippen LogP) is 4.57. The molecule has 0 aliphatic heterocycles. The molecule has 0 atom stereocenters. The van der Waals surface area contributed by atoms with Crippen molar-refractivity contribution < 1.29 is 38.0 Å². The van der Waals surface area contributed by atoms with E-state index in [1.165, 1.54) is 44.9 Å². The number of rotatable bonds is 29. The summed E-state index contributed by atoms with van der Waals surface area (Å²) in [5.74, 6) is -0.127. The maximum atomic E-state index is 11.7. The van der Waals surface area contributed by atoms with Crippen molar-refractivity contribution in [1.82, 2.24) is 0 Å². The number of hydrogen-bond donors (Lipinski definition) is 0. The van der Waals surface area contributed by atoms with Crippen molar-refractivity contribution >= 4 is 5.97 Å². The lowest BCUT2D eigenvalue weighted by Gasteiger charge is -2.08. The van der Waals surface area contributed by atoms with Gasteiger partial charge in [0.25, 0.3) is 0 Å². The Hall–Kier alpha value is -0.770. The molecule has 0 N–H and O–H groups in total. The average Bonchev–Trinajstić information content (AvgIpc) is 2.84. The molecule has 0 aliphatic rings. The van der Waals surface area contributed by atoms with E-state index in [2.05, 4.69) is 6.92 Å². The van der Waals surface area contributed by atoms with Gasteiger partial charge in [0.2, 0.25) is 0 Å². The van der Waals surface area contributed by atoms with E-state index in [-0.39, 0.29) is 5.97 Å². The molecule has 34 heavy (non-hydrogen) atoms. The molecule has 8 heteroatoms. The summed E-state index contributed by atoms with van der Waals surface area (Å²) in [7, 11) is 0. The van der Waals surface area contributed by atoms with E-state index >= 15 is 0 Å². The van der Waals surface area contributed by atoms with Gasteiger partial charge in [0, 0.05) is 13.0 Å². The third-order valence-electron chi connectivity index (χ3n) is 5.04. The maximum Gasteiger partial charge on any atom is 0.305 e. The van der Waals surface area contributed by atoms with Gasteiger partial charge in [-0.3, -0.25) is 4.79 Å². The second-order valence-corrected chi connectivity index (χ2v) is 8.06. The van der Waals surface area contributed by atoms with Gasteiger partial charge in [0.15, 0.2) is 0 Å². The van der Waals surface area contributed by atoms with Crippen LogP contribution in [0.3, 0.4) is 0 Å². The molecule has 204 valence electrons. The first-order valence-corrected chi connectivity index (χ1v) is 13.4. The highest BCUT2D eigenvalue weighted by Gasteiger charge is 2.02. The van der Waals surface area contributed by atoms with Crippen LogP contribution in [0.1, 0.15) is 78.1 Å². The van der Waals surface area contributed by atoms with E-state index in [1.807, 2.05) is 6.92 Å². The molecule has 0 radical (unpaired) electrons. The number of hydrogen-bond acceptors (Lipinski definition) is 8. The van der Waals surface area contributed by atoms with Gasteiger partial charge in [-0.15, -0.1) is 0 Å². The molecule has 0 aliphatic carbocycles. The van der Waals surface area contributed by atoms with Crippen LogP contribution in [-0.4, -0.2) is 91.9 Å². The summed E-state index contributed by atoms with van der Waals surface area (Å²) in [5, 5.41) is 0. The van der Waals surface area contributed by atoms with Crippen molar-refractivity contribution in [3.05, 3.63) is 0 Å². The molecule has 0 saturated heterocycles. The first-order chi connectivity index (χ1) is 16.8. The first-order valence-electron chi connectivity index (χ1n) is 13.4. The van der Waals surface area contributed by atoms with Crippen molar-refractivity contribution in [3.63, 3.8) is 0 Å². The summed E-state index contributed by atoms with van der Waals surface area (Å²) < 4.78 is 37.4. The fraction of sp³-hybridized carbons (Fsp3) is 0.962. The second kappa shape index (κ2) is 30.3. The molecular formula is C26H52O8. The molecule has 0 bridgehead atoms. The highest BCUT2D eigenvalue weighted by Crippen LogP contribution is 2.10. The summed E-state index contributed by atoms with van der Waals surface area (Å²) in [5.41, 5.74) is 0. The van der Waals surface area contributed by atoms with Gasteiger partial charge in [-0.1, -0.05) is 58.3 Å². The Labute approximate surface area is 208 Å². The number of unbranched alkanes of at least 4 members (excludes halogenated alkanes) is 8. The molecule has 0 heterocycles. The van der Waals surface area contributed by atoms with Crippen LogP contribution in [0.5, 0.6) is 0 Å². The number of carbonyl (C=O) groups is 1. The summed E-state index contributed by atoms with van der Waals surface area (Å²) in [6, 6.07) is 0. The van der Waals surface area contributed by atoms with Gasteiger partial charge in [0.05, 0.1) is 72.7 Å². The van der Waals surface area contributed by atoms with Gasteiger partial charge in [0.1, 0.15) is 6.61 Å². The van der Waals surface area contributed by atoms with E-state index in [0.29, 0.717) is 92.3 Å². The normalized spacial score (nSPS) is 11.2. The molecule has 0 saturated carbocycles. The second-order valence-electron chi connectivity index (χ2n) is 8.06. The smallest absolute Gasteiger partial charge is 0.305 e. The van der Waals surface area contributed by atoms with Crippen molar-refractivity contribution in [2.45, 2.75) is 78.1 Å². The van der Waals surface area contributed by atoms with Crippen LogP contribution in [0.15, 0.2) is 0 Å². The number of ether oxygens (including phenoxy) is 7. The van der Waals surface area contributed by atoms with E-state index in [9.17, 15) is 4.79 Å². The average molecular weight is 493 g/mol. The molecular weight excluding hydrogens is 440 g/mol. The van der Waals surface area contributed by atoms with Crippen LogP contribution >= 0.6 is 0 Å². The molecule has 0 aromatic heterocycles. The third-order valence-corrected chi connectivity index (χ3v) is 5.04. The monoisotopic (exact) mass is 492 g/mol. The first kappa shape index (κ1) is 33.2. The van der Waals surface area contributed by atoms with E-state index < -0.39 is 0 Å². The minimum absolute atomic E-state index is 0.127. The molecule has 0 aromatic rings. The van der Waals surface area contributed by atoms with Gasteiger partial charge >= 0.3 is 5.97 Å². The summed E-state index contributed by atoms with van der Waals surface area (Å²) in [6.07, 6.45) is 11.7. The zero-order valence-corrected chi connectivity index (χ0v) is 22.0. The molecule has 0 unspecified atom stereocenters. The Kier molecular flexibility index (Phi) is 29.6. The molecule has 8 nitrogen and oxygen atoms in total. The Morgan fingerprint density at radius 1 is 0.441 bits per heavy atom. The van der Waals surface area contributed by atoms with Crippen LogP contribution in [0.4, 0.5) is 0 Å². The lowest BCUT2D eigenvalue weighted by Crippen LogP contribution is -2.15. The van der Waals surface area contributed by atoms with Crippen LogP contribution in [0.25, 0.3) is 0 Å². The SMILES string of the molecule is CCCCCCCCCCCC(=O)OCCOCCOCCOCCOCCOCCOCC. The highest BCUT2D eigenvalue weighted by molar-refractivity contribution is 5.69. The van der Waals surface area contributed by atoms with Crippen molar-refractivity contribution in [3.8, 4) is 0 Å². The lowest BCUT2D eigenvalue weighted by molar-refractivity contribution is -0.145. The maximum absolute atomic E-state index is 11.7. The summed E-state index contributed by atoms with van der Waals surface area (Å²) in [6.45, 7) is 11.0. The van der Waals surface area contributed by atoms with Crippen LogP contribution in [-0.2, 0) is 38.0 Å². The summed E-state index contributed by atoms with van der Waals surface area (Å²) in [4.78, 5) is 11.7.